The number of nitrogens with two attached hydrogens (primary N) is 1. The van der Waals surface area contributed by atoms with Gasteiger partial charge in [-0.1, -0.05) is 30.3 Å². The summed E-state index contributed by atoms with van der Waals surface area (Å²) in [6.07, 6.45) is 4.26. The van der Waals surface area contributed by atoms with Gasteiger partial charge in [-0.2, -0.15) is 0 Å². The number of halogens is 1. The van der Waals surface area contributed by atoms with Gasteiger partial charge in [0, 0.05) is 0 Å². The fraction of sp³-hybridized carbons (Fsp3) is 0.533. The van der Waals surface area contributed by atoms with E-state index < -0.39 is 6.04 Å². The smallest absolute Gasteiger partial charge is 0.237 e. The van der Waals surface area contributed by atoms with E-state index in [4.69, 9.17) is 10.5 Å². The quantitative estimate of drug-likeness (QED) is 0.883. The SMILES string of the molecule is Cl.N[C@@H](Cc1ccccc1)C(=O)NC1CC2CCC1O2. The first-order valence-corrected chi connectivity index (χ1v) is 6.98. The topological polar surface area (TPSA) is 64.4 Å². The average molecular weight is 297 g/mol. The normalized spacial score (nSPS) is 28.8. The Bertz CT molecular complexity index is 454. The van der Waals surface area contributed by atoms with Crippen molar-refractivity contribution in [2.45, 2.75) is 50.0 Å². The molecular weight excluding hydrogens is 276 g/mol. The fourth-order valence-electron chi connectivity index (χ4n) is 3.04. The number of nitrogens with one attached hydrogen (secondary N) is 1. The highest BCUT2D eigenvalue weighted by Gasteiger charge is 2.41. The van der Waals surface area contributed by atoms with Crippen molar-refractivity contribution in [1.82, 2.24) is 5.32 Å². The molecule has 2 saturated heterocycles. The van der Waals surface area contributed by atoms with E-state index in [2.05, 4.69) is 5.32 Å². The van der Waals surface area contributed by atoms with Crippen LogP contribution < -0.4 is 11.1 Å². The average Bonchev–Trinajstić information content (AvgIpc) is 3.02. The number of benzene rings is 1. The third-order valence-corrected chi connectivity index (χ3v) is 4.07. The van der Waals surface area contributed by atoms with Gasteiger partial charge in [0.2, 0.25) is 5.91 Å². The second-order valence-electron chi connectivity index (χ2n) is 5.52. The van der Waals surface area contributed by atoms with Crippen molar-refractivity contribution < 1.29 is 9.53 Å². The minimum atomic E-state index is -0.485. The number of rotatable bonds is 4. The molecule has 0 radical (unpaired) electrons. The molecule has 2 fully saturated rings. The summed E-state index contributed by atoms with van der Waals surface area (Å²) in [5, 5.41) is 3.04. The highest BCUT2D eigenvalue weighted by Crippen LogP contribution is 2.34. The second-order valence-corrected chi connectivity index (χ2v) is 5.52. The van der Waals surface area contributed by atoms with Crippen LogP contribution in [0.25, 0.3) is 0 Å². The molecule has 1 aromatic carbocycles. The maximum absolute atomic E-state index is 12.1. The molecule has 5 heteroatoms. The van der Waals surface area contributed by atoms with Crippen LogP contribution in [-0.2, 0) is 16.0 Å². The van der Waals surface area contributed by atoms with Crippen LogP contribution in [0.15, 0.2) is 30.3 Å². The molecule has 4 nitrogen and oxygen atoms in total. The molecule has 20 heavy (non-hydrogen) atoms. The van der Waals surface area contributed by atoms with Crippen molar-refractivity contribution in [3.8, 4) is 0 Å². The molecule has 2 aliphatic rings. The van der Waals surface area contributed by atoms with Crippen LogP contribution in [0.1, 0.15) is 24.8 Å². The molecule has 110 valence electrons. The van der Waals surface area contributed by atoms with Crippen molar-refractivity contribution in [2.24, 2.45) is 5.73 Å². The lowest BCUT2D eigenvalue weighted by atomic mass is 9.95. The number of hydrogen-bond donors (Lipinski definition) is 2. The van der Waals surface area contributed by atoms with E-state index in [0.29, 0.717) is 12.5 Å². The number of carbonyl (C=O) groups is 1. The Morgan fingerprint density at radius 3 is 2.70 bits per heavy atom. The summed E-state index contributed by atoms with van der Waals surface area (Å²) in [7, 11) is 0. The zero-order chi connectivity index (χ0) is 13.2. The van der Waals surface area contributed by atoms with E-state index in [0.717, 1.165) is 24.8 Å². The van der Waals surface area contributed by atoms with E-state index in [1.54, 1.807) is 0 Å². The summed E-state index contributed by atoms with van der Waals surface area (Å²) in [6, 6.07) is 9.55. The van der Waals surface area contributed by atoms with E-state index in [-0.39, 0.29) is 30.5 Å². The molecule has 0 aromatic heterocycles. The Morgan fingerprint density at radius 1 is 1.35 bits per heavy atom. The van der Waals surface area contributed by atoms with Crippen LogP contribution in [0.5, 0.6) is 0 Å². The number of carbonyl (C=O) groups excluding carboxylic acids is 1. The van der Waals surface area contributed by atoms with Crippen molar-refractivity contribution in [3.63, 3.8) is 0 Å². The minimum Gasteiger partial charge on any atom is -0.373 e. The van der Waals surface area contributed by atoms with Crippen molar-refractivity contribution in [1.29, 1.82) is 0 Å². The minimum absolute atomic E-state index is 0. The van der Waals surface area contributed by atoms with Gasteiger partial charge in [-0.25, -0.2) is 0 Å². The van der Waals surface area contributed by atoms with E-state index in [9.17, 15) is 4.79 Å². The monoisotopic (exact) mass is 296 g/mol. The highest BCUT2D eigenvalue weighted by molar-refractivity contribution is 5.85. The van der Waals surface area contributed by atoms with Crippen molar-refractivity contribution in [3.05, 3.63) is 35.9 Å². The molecule has 2 heterocycles. The molecule has 1 aromatic rings. The number of hydrogen-bond acceptors (Lipinski definition) is 3. The number of fused-ring (bicyclic) bond motifs is 2. The summed E-state index contributed by atoms with van der Waals surface area (Å²) >= 11 is 0. The van der Waals surface area contributed by atoms with Gasteiger partial charge < -0.3 is 15.8 Å². The second kappa shape index (κ2) is 6.57. The largest absolute Gasteiger partial charge is 0.373 e. The van der Waals surface area contributed by atoms with Gasteiger partial charge in [0.15, 0.2) is 0 Å². The third kappa shape index (κ3) is 3.32. The third-order valence-electron chi connectivity index (χ3n) is 4.07. The van der Waals surface area contributed by atoms with Crippen LogP contribution in [0, 0.1) is 0 Å². The van der Waals surface area contributed by atoms with Gasteiger partial charge in [-0.15, -0.1) is 12.4 Å². The van der Waals surface area contributed by atoms with E-state index in [1.807, 2.05) is 30.3 Å². The lowest BCUT2D eigenvalue weighted by Crippen LogP contribution is -2.49. The first-order valence-electron chi connectivity index (χ1n) is 6.98. The van der Waals surface area contributed by atoms with Crippen LogP contribution in [0.4, 0.5) is 0 Å². The summed E-state index contributed by atoms with van der Waals surface area (Å²) in [4.78, 5) is 12.1. The molecule has 0 aliphatic carbocycles. The maximum atomic E-state index is 12.1. The molecule has 3 N–H and O–H groups in total. The fourth-order valence-corrected chi connectivity index (χ4v) is 3.04. The molecule has 3 rings (SSSR count). The standard InChI is InChI=1S/C15H20N2O2.ClH/c16-12(8-10-4-2-1-3-5-10)15(18)17-13-9-11-6-7-14(13)19-11;/h1-5,11-14H,6-9,16H2,(H,17,18);1H/t11?,12-,13?,14?;/m0./s1. The molecule has 2 bridgehead atoms. The molecule has 1 amide bonds. The van der Waals surface area contributed by atoms with Gasteiger partial charge in [0.1, 0.15) is 0 Å². The van der Waals surface area contributed by atoms with Crippen LogP contribution in [0.3, 0.4) is 0 Å². The van der Waals surface area contributed by atoms with Gasteiger partial charge >= 0.3 is 0 Å². The van der Waals surface area contributed by atoms with Gasteiger partial charge in [-0.05, 0) is 31.2 Å². The summed E-state index contributed by atoms with van der Waals surface area (Å²) in [5.74, 6) is -0.0648. The van der Waals surface area contributed by atoms with E-state index in [1.165, 1.54) is 0 Å². The van der Waals surface area contributed by atoms with Gasteiger partial charge in [0.25, 0.3) is 0 Å². The van der Waals surface area contributed by atoms with Crippen LogP contribution in [0.2, 0.25) is 0 Å². The molecule has 3 unspecified atom stereocenters. The van der Waals surface area contributed by atoms with Gasteiger partial charge in [-0.3, -0.25) is 4.79 Å². The van der Waals surface area contributed by atoms with Gasteiger partial charge in [0.05, 0.1) is 24.3 Å². The van der Waals surface area contributed by atoms with Crippen LogP contribution in [-0.4, -0.2) is 30.2 Å². The van der Waals surface area contributed by atoms with E-state index >= 15 is 0 Å². The van der Waals surface area contributed by atoms with Crippen molar-refractivity contribution in [2.75, 3.05) is 0 Å². The highest BCUT2D eigenvalue weighted by atomic mass is 35.5. The molecule has 0 saturated carbocycles. The number of ether oxygens (including phenoxy) is 1. The van der Waals surface area contributed by atoms with Crippen molar-refractivity contribution >= 4 is 18.3 Å². The summed E-state index contributed by atoms with van der Waals surface area (Å²) in [5.41, 5.74) is 7.06. The molecule has 0 spiro atoms. The molecular formula is C15H21ClN2O2. The molecule has 2 aliphatic heterocycles. The van der Waals surface area contributed by atoms with Crippen LogP contribution >= 0.6 is 12.4 Å². The summed E-state index contributed by atoms with van der Waals surface area (Å²) in [6.45, 7) is 0. The predicted octanol–water partition coefficient (Wildman–Crippen LogP) is 1.41. The lowest BCUT2D eigenvalue weighted by Gasteiger charge is -2.22. The first kappa shape index (κ1) is 15.3. The number of amides is 1. The Balaban J connectivity index is 0.00000147. The first-order chi connectivity index (χ1) is 9.22. The predicted molar refractivity (Wildman–Crippen MR) is 79.8 cm³/mol. The Hall–Kier alpha value is -1.10. The zero-order valence-electron chi connectivity index (χ0n) is 11.3. The Kier molecular flexibility index (Phi) is 5.02. The molecule has 4 atom stereocenters. The zero-order valence-corrected chi connectivity index (χ0v) is 12.1. The lowest BCUT2D eigenvalue weighted by molar-refractivity contribution is -0.123. The maximum Gasteiger partial charge on any atom is 0.237 e. The Morgan fingerprint density at radius 2 is 2.10 bits per heavy atom. The Labute approximate surface area is 125 Å². The summed E-state index contributed by atoms with van der Waals surface area (Å²) < 4.78 is 5.73.